The fourth-order valence-corrected chi connectivity index (χ4v) is 1.97. The van der Waals surface area contributed by atoms with Gasteiger partial charge in [-0.1, -0.05) is 60.7 Å². The predicted molar refractivity (Wildman–Crippen MR) is 77.7 cm³/mol. The van der Waals surface area contributed by atoms with Crippen LogP contribution in [-0.4, -0.2) is 17.0 Å². The molecule has 0 aliphatic carbocycles. The summed E-state index contributed by atoms with van der Waals surface area (Å²) in [5.74, 6) is -2.00. The van der Waals surface area contributed by atoms with Crippen molar-refractivity contribution in [3.05, 3.63) is 71.8 Å². The minimum Gasteiger partial charge on any atom is -0.480 e. The van der Waals surface area contributed by atoms with Crippen LogP contribution in [-0.2, 0) is 26.3 Å². The maximum absolute atomic E-state index is 12.3. The van der Waals surface area contributed by atoms with Crippen LogP contribution in [0.15, 0.2) is 60.7 Å². The van der Waals surface area contributed by atoms with Crippen LogP contribution in [0.4, 0.5) is 0 Å². The first-order chi connectivity index (χ1) is 10.0. The van der Waals surface area contributed by atoms with Crippen LogP contribution in [0, 0.1) is 0 Å². The zero-order valence-corrected chi connectivity index (χ0v) is 11.7. The number of hydrogen-bond donors (Lipinski definition) is 1. The number of carboxylic acid groups (broad SMARTS) is 1. The van der Waals surface area contributed by atoms with Gasteiger partial charge in [0.05, 0.1) is 0 Å². The van der Waals surface area contributed by atoms with Crippen molar-refractivity contribution in [1.29, 1.82) is 0 Å². The largest absolute Gasteiger partial charge is 0.480 e. The number of hydrogen-bond acceptors (Lipinski definition) is 3. The second-order valence-electron chi connectivity index (χ2n) is 4.86. The number of aliphatic carboxylic acids is 1. The van der Waals surface area contributed by atoms with Gasteiger partial charge in [-0.25, -0.2) is 0 Å². The molecule has 2 rings (SSSR count). The first-order valence-corrected chi connectivity index (χ1v) is 6.55. The monoisotopic (exact) mass is 284 g/mol. The molecule has 4 nitrogen and oxygen atoms in total. The van der Waals surface area contributed by atoms with Crippen LogP contribution in [0.2, 0.25) is 0 Å². The average Bonchev–Trinajstić information content (AvgIpc) is 2.53. The highest BCUT2D eigenvalue weighted by Gasteiger charge is 2.44. The number of carboxylic acids is 1. The molecule has 0 saturated carbocycles. The molecule has 0 amide bonds. The zero-order valence-electron chi connectivity index (χ0n) is 11.7. The Morgan fingerprint density at radius 2 is 1.52 bits per heavy atom. The van der Waals surface area contributed by atoms with E-state index in [1.54, 1.807) is 30.3 Å². The fraction of sp³-hybridized carbons (Fsp3) is 0.176. The highest BCUT2D eigenvalue weighted by molar-refractivity contribution is 6.05. The predicted octanol–water partition coefficient (Wildman–Crippen LogP) is 2.77. The molecule has 0 aliphatic rings. The lowest BCUT2D eigenvalue weighted by molar-refractivity contribution is -0.161. The summed E-state index contributed by atoms with van der Waals surface area (Å²) in [6.45, 7) is 1.41. The van der Waals surface area contributed by atoms with Crippen molar-refractivity contribution in [3.8, 4) is 0 Å². The van der Waals surface area contributed by atoms with Gasteiger partial charge in [-0.2, -0.15) is 0 Å². The Labute approximate surface area is 123 Å². The van der Waals surface area contributed by atoms with E-state index < -0.39 is 17.4 Å². The van der Waals surface area contributed by atoms with E-state index >= 15 is 0 Å². The Kier molecular flexibility index (Phi) is 4.38. The topological polar surface area (TPSA) is 63.6 Å². The average molecular weight is 284 g/mol. The number of ether oxygens (including phenoxy) is 1. The van der Waals surface area contributed by atoms with E-state index in [0.29, 0.717) is 5.56 Å². The number of carbonyl (C=O) groups is 2. The highest BCUT2D eigenvalue weighted by Crippen LogP contribution is 2.26. The van der Waals surface area contributed by atoms with Crippen molar-refractivity contribution in [3.63, 3.8) is 0 Å². The lowest BCUT2D eigenvalue weighted by Gasteiger charge is -2.23. The van der Waals surface area contributed by atoms with Gasteiger partial charge in [-0.15, -0.1) is 0 Å². The summed E-state index contributed by atoms with van der Waals surface area (Å²) in [6, 6.07) is 17.5. The third-order valence-corrected chi connectivity index (χ3v) is 3.40. The van der Waals surface area contributed by atoms with Gasteiger partial charge >= 0.3 is 11.9 Å². The lowest BCUT2D eigenvalue weighted by Crippen LogP contribution is -2.42. The molecular formula is C17H16O4. The standard InChI is InChI=1S/C17H16O4/c1-17(15(18)19,14-10-6-3-7-11-14)16(20)21-12-13-8-4-2-5-9-13/h2-11H,12H2,1H3,(H,18,19). The Morgan fingerprint density at radius 3 is 2.05 bits per heavy atom. The third kappa shape index (κ3) is 3.11. The van der Waals surface area contributed by atoms with Crippen molar-refractivity contribution in [1.82, 2.24) is 0 Å². The molecule has 0 heterocycles. The quantitative estimate of drug-likeness (QED) is 0.677. The van der Waals surface area contributed by atoms with Crippen LogP contribution in [0.25, 0.3) is 0 Å². The summed E-state index contributed by atoms with van der Waals surface area (Å²) >= 11 is 0. The molecule has 0 spiro atoms. The summed E-state index contributed by atoms with van der Waals surface area (Å²) in [4.78, 5) is 23.9. The fourth-order valence-electron chi connectivity index (χ4n) is 1.97. The minimum absolute atomic E-state index is 0.0510. The van der Waals surface area contributed by atoms with Gasteiger partial charge in [0.1, 0.15) is 6.61 Å². The SMILES string of the molecule is CC(C(=O)O)(C(=O)OCc1ccccc1)c1ccccc1. The molecule has 0 saturated heterocycles. The van der Waals surface area contributed by atoms with Crippen molar-refractivity contribution in [2.24, 2.45) is 0 Å². The van der Waals surface area contributed by atoms with Gasteiger partial charge in [-0.05, 0) is 18.1 Å². The van der Waals surface area contributed by atoms with Crippen molar-refractivity contribution in [2.75, 3.05) is 0 Å². The summed E-state index contributed by atoms with van der Waals surface area (Å²) in [6.07, 6.45) is 0. The summed E-state index contributed by atoms with van der Waals surface area (Å²) in [5, 5.41) is 9.45. The van der Waals surface area contributed by atoms with E-state index in [0.717, 1.165) is 5.56 Å². The van der Waals surface area contributed by atoms with Crippen molar-refractivity contribution in [2.45, 2.75) is 18.9 Å². The van der Waals surface area contributed by atoms with Crippen LogP contribution in [0.1, 0.15) is 18.1 Å². The van der Waals surface area contributed by atoms with Crippen LogP contribution in [0.3, 0.4) is 0 Å². The van der Waals surface area contributed by atoms with Crippen molar-refractivity contribution >= 4 is 11.9 Å². The van der Waals surface area contributed by atoms with Gasteiger partial charge in [0, 0.05) is 0 Å². The summed E-state index contributed by atoms with van der Waals surface area (Å²) < 4.78 is 5.19. The van der Waals surface area contributed by atoms with Gasteiger partial charge in [0.25, 0.3) is 0 Å². The highest BCUT2D eigenvalue weighted by atomic mass is 16.5. The third-order valence-electron chi connectivity index (χ3n) is 3.40. The second kappa shape index (κ2) is 6.22. The minimum atomic E-state index is -1.71. The molecule has 0 aliphatic heterocycles. The zero-order chi connectivity index (χ0) is 15.3. The van der Waals surface area contributed by atoms with E-state index in [2.05, 4.69) is 0 Å². The van der Waals surface area contributed by atoms with E-state index in [1.165, 1.54) is 6.92 Å². The van der Waals surface area contributed by atoms with Gasteiger partial charge in [0.2, 0.25) is 0 Å². The van der Waals surface area contributed by atoms with E-state index in [1.807, 2.05) is 30.3 Å². The number of rotatable bonds is 5. The van der Waals surface area contributed by atoms with Crippen molar-refractivity contribution < 1.29 is 19.4 Å². The first-order valence-electron chi connectivity index (χ1n) is 6.55. The maximum Gasteiger partial charge on any atom is 0.328 e. The van der Waals surface area contributed by atoms with Crippen LogP contribution < -0.4 is 0 Å². The Morgan fingerprint density at radius 1 is 1.00 bits per heavy atom. The summed E-state index contributed by atoms with van der Waals surface area (Å²) in [5.41, 5.74) is -0.502. The number of benzene rings is 2. The molecule has 108 valence electrons. The summed E-state index contributed by atoms with van der Waals surface area (Å²) in [7, 11) is 0. The Balaban J connectivity index is 2.19. The molecular weight excluding hydrogens is 268 g/mol. The molecule has 0 fully saturated rings. The van der Waals surface area contributed by atoms with Crippen LogP contribution >= 0.6 is 0 Å². The molecule has 21 heavy (non-hydrogen) atoms. The molecule has 2 aromatic rings. The van der Waals surface area contributed by atoms with E-state index in [9.17, 15) is 14.7 Å². The van der Waals surface area contributed by atoms with Crippen LogP contribution in [0.5, 0.6) is 0 Å². The second-order valence-corrected chi connectivity index (χ2v) is 4.86. The number of esters is 1. The van der Waals surface area contributed by atoms with Gasteiger partial charge < -0.3 is 9.84 Å². The normalized spacial score (nSPS) is 13.2. The molecule has 2 aromatic carbocycles. The first kappa shape index (κ1) is 14.8. The molecule has 1 atom stereocenters. The molecule has 0 radical (unpaired) electrons. The maximum atomic E-state index is 12.3. The lowest BCUT2D eigenvalue weighted by atomic mass is 9.82. The van der Waals surface area contributed by atoms with E-state index in [-0.39, 0.29) is 6.61 Å². The Bertz CT molecular complexity index is 622. The number of carbonyl (C=O) groups excluding carboxylic acids is 1. The molecule has 4 heteroatoms. The van der Waals surface area contributed by atoms with Gasteiger partial charge in [-0.3, -0.25) is 9.59 Å². The van der Waals surface area contributed by atoms with Gasteiger partial charge in [0.15, 0.2) is 5.41 Å². The molecule has 1 N–H and O–H groups in total. The molecule has 0 bridgehead atoms. The smallest absolute Gasteiger partial charge is 0.328 e. The Hall–Kier alpha value is -2.62. The molecule has 0 aromatic heterocycles. The van der Waals surface area contributed by atoms with E-state index in [4.69, 9.17) is 4.74 Å². The molecule has 1 unspecified atom stereocenters.